The Bertz CT molecular complexity index is 962. The molecule has 0 aliphatic carbocycles. The molecule has 1 aliphatic heterocycles. The number of halogens is 2. The lowest BCUT2D eigenvalue weighted by Crippen LogP contribution is -2.32. The van der Waals surface area contributed by atoms with Gasteiger partial charge in [-0.25, -0.2) is 4.39 Å². The fourth-order valence-electron chi connectivity index (χ4n) is 3.76. The molecule has 0 saturated carbocycles. The van der Waals surface area contributed by atoms with Crippen molar-refractivity contribution in [1.29, 1.82) is 0 Å². The molecule has 5 heteroatoms. The van der Waals surface area contributed by atoms with Crippen molar-refractivity contribution in [2.75, 3.05) is 19.8 Å². The molecule has 3 heterocycles. The topological polar surface area (TPSA) is 21.1 Å². The molecule has 0 saturated heterocycles. The van der Waals surface area contributed by atoms with Crippen LogP contribution in [0, 0.1) is 0 Å². The summed E-state index contributed by atoms with van der Waals surface area (Å²) < 4.78 is 15.1. The highest BCUT2D eigenvalue weighted by Crippen LogP contribution is 2.33. The molecule has 3 aromatic rings. The summed E-state index contributed by atoms with van der Waals surface area (Å²) in [6.07, 6.45) is 6.71. The highest BCUT2D eigenvalue weighted by molar-refractivity contribution is 6.31. The fourth-order valence-corrected chi connectivity index (χ4v) is 3.93. The Morgan fingerprint density at radius 2 is 2.08 bits per heavy atom. The van der Waals surface area contributed by atoms with Gasteiger partial charge in [0.2, 0.25) is 0 Å². The van der Waals surface area contributed by atoms with Crippen LogP contribution in [0.25, 0.3) is 22.7 Å². The zero-order chi connectivity index (χ0) is 18.1. The quantitative estimate of drug-likeness (QED) is 0.642. The molecule has 0 radical (unpaired) electrons. The van der Waals surface area contributed by atoms with E-state index in [2.05, 4.69) is 33.6 Å². The molecule has 2 aromatic heterocycles. The van der Waals surface area contributed by atoms with Crippen molar-refractivity contribution >= 4 is 34.3 Å². The van der Waals surface area contributed by atoms with Crippen molar-refractivity contribution in [3.05, 3.63) is 64.6 Å². The smallest absolute Gasteiger partial charge is 0.102 e. The Balaban J connectivity index is 1.85. The van der Waals surface area contributed by atoms with Gasteiger partial charge >= 0.3 is 0 Å². The number of pyridine rings is 1. The van der Waals surface area contributed by atoms with E-state index >= 15 is 0 Å². The van der Waals surface area contributed by atoms with Crippen LogP contribution in [0.15, 0.2) is 42.7 Å². The maximum absolute atomic E-state index is 12.8. The van der Waals surface area contributed by atoms with E-state index in [4.69, 9.17) is 11.6 Å². The second-order valence-electron chi connectivity index (χ2n) is 6.72. The standard InChI is InChI=1S/C21H21ClFN3/c1-15(16-4-8-24-9-5-16)13-26-20-3-2-17(22)12-18(20)19-14-25(11-7-23)10-6-21(19)26/h2-5,8-9,12-13H,6-7,10-11,14H2,1H3. The first-order valence-electron chi connectivity index (χ1n) is 8.85. The number of hydrogen-bond acceptors (Lipinski definition) is 2. The van der Waals surface area contributed by atoms with Crippen LogP contribution in [-0.2, 0) is 13.0 Å². The van der Waals surface area contributed by atoms with Gasteiger partial charge in [0.05, 0.1) is 5.52 Å². The van der Waals surface area contributed by atoms with Gasteiger partial charge in [-0.3, -0.25) is 9.88 Å². The van der Waals surface area contributed by atoms with E-state index in [1.165, 1.54) is 16.8 Å². The van der Waals surface area contributed by atoms with E-state index in [0.29, 0.717) is 6.54 Å². The van der Waals surface area contributed by atoms with Crippen molar-refractivity contribution < 1.29 is 4.39 Å². The van der Waals surface area contributed by atoms with Gasteiger partial charge < -0.3 is 4.57 Å². The largest absolute Gasteiger partial charge is 0.320 e. The zero-order valence-corrected chi connectivity index (χ0v) is 15.5. The minimum atomic E-state index is -0.310. The van der Waals surface area contributed by atoms with Crippen molar-refractivity contribution in [3.63, 3.8) is 0 Å². The van der Waals surface area contributed by atoms with E-state index in [9.17, 15) is 4.39 Å². The number of nitrogens with zero attached hydrogens (tertiary/aromatic N) is 3. The second kappa shape index (κ2) is 7.22. The third kappa shape index (κ3) is 3.15. The van der Waals surface area contributed by atoms with Crippen molar-refractivity contribution in [1.82, 2.24) is 14.5 Å². The van der Waals surface area contributed by atoms with Crippen molar-refractivity contribution in [3.8, 4) is 0 Å². The van der Waals surface area contributed by atoms with Gasteiger partial charge in [-0.1, -0.05) is 11.6 Å². The summed E-state index contributed by atoms with van der Waals surface area (Å²) in [5.41, 5.74) is 6.04. The molecule has 1 aliphatic rings. The van der Waals surface area contributed by atoms with Gasteiger partial charge in [0, 0.05) is 60.8 Å². The van der Waals surface area contributed by atoms with E-state index in [1.807, 2.05) is 36.7 Å². The van der Waals surface area contributed by atoms with Crippen LogP contribution in [0.3, 0.4) is 0 Å². The monoisotopic (exact) mass is 369 g/mol. The van der Waals surface area contributed by atoms with Crippen LogP contribution in [0.4, 0.5) is 4.39 Å². The molecular weight excluding hydrogens is 349 g/mol. The number of benzene rings is 1. The van der Waals surface area contributed by atoms with Crippen molar-refractivity contribution in [2.24, 2.45) is 0 Å². The molecule has 0 amide bonds. The highest BCUT2D eigenvalue weighted by atomic mass is 35.5. The normalized spacial score (nSPS) is 15.4. The average Bonchev–Trinajstić information content (AvgIpc) is 2.95. The Morgan fingerprint density at radius 1 is 1.27 bits per heavy atom. The zero-order valence-electron chi connectivity index (χ0n) is 14.8. The third-order valence-corrected chi connectivity index (χ3v) is 5.32. The summed E-state index contributed by atoms with van der Waals surface area (Å²) in [6.45, 7) is 3.93. The summed E-state index contributed by atoms with van der Waals surface area (Å²) >= 11 is 6.26. The summed E-state index contributed by atoms with van der Waals surface area (Å²) in [5, 5.41) is 1.89. The van der Waals surface area contributed by atoms with Crippen LogP contribution in [0.1, 0.15) is 23.7 Å². The third-order valence-electron chi connectivity index (χ3n) is 5.09. The van der Waals surface area contributed by atoms with E-state index in [1.54, 1.807) is 0 Å². The molecule has 26 heavy (non-hydrogen) atoms. The Hall–Kier alpha value is -2.17. The lowest BCUT2D eigenvalue weighted by Gasteiger charge is -2.26. The fraction of sp³-hybridized carbons (Fsp3) is 0.286. The van der Waals surface area contributed by atoms with E-state index in [-0.39, 0.29) is 6.67 Å². The molecule has 0 atom stereocenters. The van der Waals surface area contributed by atoms with Gasteiger partial charge in [0.25, 0.3) is 0 Å². The van der Waals surface area contributed by atoms with Crippen LogP contribution >= 0.6 is 11.6 Å². The number of hydrogen-bond donors (Lipinski definition) is 0. The molecule has 4 rings (SSSR count). The van der Waals surface area contributed by atoms with Crippen LogP contribution < -0.4 is 0 Å². The molecule has 1 aromatic carbocycles. The highest BCUT2D eigenvalue weighted by Gasteiger charge is 2.23. The predicted molar refractivity (Wildman–Crippen MR) is 106 cm³/mol. The minimum absolute atomic E-state index is 0.310. The summed E-state index contributed by atoms with van der Waals surface area (Å²) in [7, 11) is 0. The first kappa shape index (κ1) is 17.3. The Labute approximate surface area is 157 Å². The summed E-state index contributed by atoms with van der Waals surface area (Å²) in [6, 6.07) is 10.1. The lowest BCUT2D eigenvalue weighted by atomic mass is 10.0. The molecule has 134 valence electrons. The number of aromatic nitrogens is 2. The Kier molecular flexibility index (Phi) is 4.79. The number of rotatable bonds is 4. The van der Waals surface area contributed by atoms with Crippen molar-refractivity contribution in [2.45, 2.75) is 19.9 Å². The van der Waals surface area contributed by atoms with Crippen LogP contribution in [-0.4, -0.2) is 34.2 Å². The van der Waals surface area contributed by atoms with Gasteiger partial charge in [0.1, 0.15) is 6.67 Å². The van der Waals surface area contributed by atoms with Gasteiger partial charge in [0.15, 0.2) is 0 Å². The Morgan fingerprint density at radius 3 is 2.85 bits per heavy atom. The molecule has 0 spiro atoms. The van der Waals surface area contributed by atoms with E-state index in [0.717, 1.165) is 41.0 Å². The first-order valence-corrected chi connectivity index (χ1v) is 9.23. The van der Waals surface area contributed by atoms with Gasteiger partial charge in [-0.05, 0) is 54.0 Å². The second-order valence-corrected chi connectivity index (χ2v) is 7.16. The average molecular weight is 370 g/mol. The molecular formula is C21H21ClFN3. The maximum atomic E-state index is 12.8. The lowest BCUT2D eigenvalue weighted by molar-refractivity contribution is 0.230. The summed E-state index contributed by atoms with van der Waals surface area (Å²) in [4.78, 5) is 6.27. The molecule has 0 fully saturated rings. The molecule has 3 nitrogen and oxygen atoms in total. The SMILES string of the molecule is CC(=Cn1c2c(c3cc(Cl)ccc31)CN(CCF)CC2)c1ccncc1. The minimum Gasteiger partial charge on any atom is -0.320 e. The van der Waals surface area contributed by atoms with Gasteiger partial charge in [-0.2, -0.15) is 0 Å². The van der Waals surface area contributed by atoms with E-state index < -0.39 is 0 Å². The molecule has 0 unspecified atom stereocenters. The van der Waals surface area contributed by atoms with Gasteiger partial charge in [-0.15, -0.1) is 0 Å². The van der Waals surface area contributed by atoms with Crippen LogP contribution in [0.5, 0.6) is 0 Å². The first-order chi connectivity index (χ1) is 12.7. The number of fused-ring (bicyclic) bond motifs is 3. The number of alkyl halides is 1. The summed E-state index contributed by atoms with van der Waals surface area (Å²) in [5.74, 6) is 0. The molecule has 0 bridgehead atoms. The number of allylic oxidation sites excluding steroid dienone is 1. The predicted octanol–water partition coefficient (Wildman–Crippen LogP) is 5.04. The van der Waals surface area contributed by atoms with Crippen LogP contribution in [0.2, 0.25) is 5.02 Å². The molecule has 0 N–H and O–H groups in total. The maximum Gasteiger partial charge on any atom is 0.102 e.